The third-order valence-corrected chi connectivity index (χ3v) is 2.91. The molecule has 20 heavy (non-hydrogen) atoms. The van der Waals surface area contributed by atoms with Crippen LogP contribution in [-0.2, 0) is 13.1 Å². The fourth-order valence-electron chi connectivity index (χ4n) is 2.02. The minimum absolute atomic E-state index is 0.574. The molecule has 0 aliphatic carbocycles. The highest BCUT2D eigenvalue weighted by atomic mass is 16.5. The Bertz CT molecular complexity index is 674. The SMILES string of the molecule is Cc1nc(CNCc2ccccc2-n2cccn2)no1. The molecule has 1 aromatic carbocycles. The maximum Gasteiger partial charge on any atom is 0.223 e. The van der Waals surface area contributed by atoms with Crippen LogP contribution in [0.1, 0.15) is 17.3 Å². The Balaban J connectivity index is 1.68. The molecule has 3 aromatic rings. The lowest BCUT2D eigenvalue weighted by Crippen LogP contribution is -2.15. The fourth-order valence-corrected chi connectivity index (χ4v) is 2.02. The van der Waals surface area contributed by atoms with Gasteiger partial charge in [0.05, 0.1) is 12.2 Å². The largest absolute Gasteiger partial charge is 0.340 e. The maximum absolute atomic E-state index is 4.93. The van der Waals surface area contributed by atoms with Gasteiger partial charge in [0.25, 0.3) is 0 Å². The molecule has 0 aliphatic heterocycles. The molecule has 0 bridgehead atoms. The summed E-state index contributed by atoms with van der Waals surface area (Å²) in [6, 6.07) is 10.0. The normalized spacial score (nSPS) is 10.8. The molecule has 1 N–H and O–H groups in total. The second-order valence-electron chi connectivity index (χ2n) is 4.41. The van der Waals surface area contributed by atoms with E-state index in [1.165, 1.54) is 0 Å². The van der Waals surface area contributed by atoms with E-state index >= 15 is 0 Å². The molecule has 0 radical (unpaired) electrons. The predicted molar refractivity (Wildman–Crippen MR) is 73.1 cm³/mol. The van der Waals surface area contributed by atoms with Crippen molar-refractivity contribution in [1.29, 1.82) is 0 Å². The monoisotopic (exact) mass is 269 g/mol. The molecule has 2 heterocycles. The highest BCUT2D eigenvalue weighted by molar-refractivity contribution is 5.40. The van der Waals surface area contributed by atoms with Crippen LogP contribution in [0.2, 0.25) is 0 Å². The van der Waals surface area contributed by atoms with E-state index < -0.39 is 0 Å². The van der Waals surface area contributed by atoms with Crippen LogP contribution >= 0.6 is 0 Å². The Hall–Kier alpha value is -2.47. The molecule has 0 amide bonds. The van der Waals surface area contributed by atoms with Gasteiger partial charge in [0, 0.05) is 25.9 Å². The number of hydrogen-bond donors (Lipinski definition) is 1. The summed E-state index contributed by atoms with van der Waals surface area (Å²) in [6.07, 6.45) is 3.70. The van der Waals surface area contributed by atoms with Crippen LogP contribution < -0.4 is 5.32 Å². The summed E-state index contributed by atoms with van der Waals surface area (Å²) in [6.45, 7) is 3.07. The molecule has 2 aromatic heterocycles. The minimum atomic E-state index is 0.574. The van der Waals surface area contributed by atoms with Crippen molar-refractivity contribution in [3.05, 3.63) is 60.0 Å². The molecule has 0 unspecified atom stereocenters. The van der Waals surface area contributed by atoms with Crippen LogP contribution in [0, 0.1) is 6.92 Å². The van der Waals surface area contributed by atoms with Gasteiger partial charge in [-0.05, 0) is 17.7 Å². The van der Waals surface area contributed by atoms with Crippen LogP contribution in [-0.4, -0.2) is 19.9 Å². The Morgan fingerprint density at radius 1 is 1.20 bits per heavy atom. The fraction of sp³-hybridized carbons (Fsp3) is 0.214. The van der Waals surface area contributed by atoms with E-state index in [4.69, 9.17) is 4.52 Å². The molecule has 0 spiro atoms. The van der Waals surface area contributed by atoms with Gasteiger partial charge in [-0.3, -0.25) is 0 Å². The van der Waals surface area contributed by atoms with Gasteiger partial charge in [-0.1, -0.05) is 23.4 Å². The summed E-state index contributed by atoms with van der Waals surface area (Å²) in [7, 11) is 0. The van der Waals surface area contributed by atoms with Crippen LogP contribution in [0.25, 0.3) is 5.69 Å². The molecule has 0 aliphatic rings. The molecular formula is C14H15N5O. The summed E-state index contributed by atoms with van der Waals surface area (Å²) in [5, 5.41) is 11.4. The van der Waals surface area contributed by atoms with Crippen molar-refractivity contribution in [1.82, 2.24) is 25.2 Å². The van der Waals surface area contributed by atoms with E-state index in [0.717, 1.165) is 11.3 Å². The van der Waals surface area contributed by atoms with Crippen molar-refractivity contribution in [2.75, 3.05) is 0 Å². The Morgan fingerprint density at radius 2 is 2.10 bits per heavy atom. The molecule has 0 fully saturated rings. The first kappa shape index (κ1) is 12.6. The van der Waals surface area contributed by atoms with Crippen LogP contribution in [0.4, 0.5) is 0 Å². The van der Waals surface area contributed by atoms with Crippen molar-refractivity contribution in [2.45, 2.75) is 20.0 Å². The van der Waals surface area contributed by atoms with Crippen molar-refractivity contribution >= 4 is 0 Å². The first-order valence-corrected chi connectivity index (χ1v) is 6.41. The van der Waals surface area contributed by atoms with Crippen molar-refractivity contribution in [3.63, 3.8) is 0 Å². The van der Waals surface area contributed by atoms with Gasteiger partial charge in [-0.25, -0.2) is 4.68 Å². The quantitative estimate of drug-likeness (QED) is 0.765. The first-order valence-electron chi connectivity index (χ1n) is 6.41. The molecule has 0 atom stereocenters. The van der Waals surface area contributed by atoms with Gasteiger partial charge in [0.1, 0.15) is 0 Å². The van der Waals surface area contributed by atoms with Gasteiger partial charge in [-0.2, -0.15) is 10.1 Å². The zero-order chi connectivity index (χ0) is 13.8. The minimum Gasteiger partial charge on any atom is -0.340 e. The molecular weight excluding hydrogens is 254 g/mol. The van der Waals surface area contributed by atoms with Crippen LogP contribution in [0.5, 0.6) is 0 Å². The third kappa shape index (κ3) is 2.75. The number of aromatic nitrogens is 4. The Kier molecular flexibility index (Phi) is 3.56. The zero-order valence-electron chi connectivity index (χ0n) is 11.2. The van der Waals surface area contributed by atoms with E-state index in [-0.39, 0.29) is 0 Å². The van der Waals surface area contributed by atoms with Gasteiger partial charge in [0.2, 0.25) is 5.89 Å². The van der Waals surface area contributed by atoms with E-state index in [1.54, 1.807) is 13.1 Å². The standard InChI is InChI=1S/C14H15N5O/c1-11-17-14(18-20-11)10-15-9-12-5-2-3-6-13(12)19-8-4-7-16-19/h2-8,15H,9-10H2,1H3. The van der Waals surface area contributed by atoms with E-state index in [1.807, 2.05) is 35.1 Å². The number of nitrogens with zero attached hydrogens (tertiary/aromatic N) is 4. The average Bonchev–Trinajstić information content (AvgIpc) is 3.11. The lowest BCUT2D eigenvalue weighted by atomic mass is 10.2. The predicted octanol–water partition coefficient (Wildman–Crippen LogP) is 1.85. The average molecular weight is 269 g/mol. The van der Waals surface area contributed by atoms with Gasteiger partial charge < -0.3 is 9.84 Å². The highest BCUT2D eigenvalue weighted by Crippen LogP contribution is 2.13. The molecule has 0 saturated heterocycles. The highest BCUT2D eigenvalue weighted by Gasteiger charge is 2.05. The summed E-state index contributed by atoms with van der Waals surface area (Å²) in [5.41, 5.74) is 2.23. The number of nitrogens with one attached hydrogen (secondary N) is 1. The number of aryl methyl sites for hydroxylation is 1. The third-order valence-electron chi connectivity index (χ3n) is 2.91. The summed E-state index contributed by atoms with van der Waals surface area (Å²) < 4.78 is 6.79. The second kappa shape index (κ2) is 5.66. The van der Waals surface area contributed by atoms with E-state index in [0.29, 0.717) is 24.8 Å². The van der Waals surface area contributed by atoms with Gasteiger partial charge >= 0.3 is 0 Å². The molecule has 6 nitrogen and oxygen atoms in total. The molecule has 0 saturated carbocycles. The van der Waals surface area contributed by atoms with E-state index in [9.17, 15) is 0 Å². The Labute approximate surface area is 116 Å². The molecule has 3 rings (SSSR count). The lowest BCUT2D eigenvalue weighted by Gasteiger charge is -2.09. The summed E-state index contributed by atoms with van der Waals surface area (Å²) in [4.78, 5) is 4.16. The van der Waals surface area contributed by atoms with Crippen molar-refractivity contribution in [2.24, 2.45) is 0 Å². The maximum atomic E-state index is 4.93. The van der Waals surface area contributed by atoms with Crippen LogP contribution in [0.15, 0.2) is 47.2 Å². The van der Waals surface area contributed by atoms with E-state index in [2.05, 4.69) is 26.6 Å². The molecule has 102 valence electrons. The number of benzene rings is 1. The topological polar surface area (TPSA) is 68.8 Å². The number of hydrogen-bond acceptors (Lipinski definition) is 5. The van der Waals surface area contributed by atoms with Crippen molar-refractivity contribution < 1.29 is 4.52 Å². The number of rotatable bonds is 5. The van der Waals surface area contributed by atoms with Gasteiger partial charge in [0.15, 0.2) is 5.82 Å². The summed E-state index contributed by atoms with van der Waals surface area (Å²) in [5.74, 6) is 1.25. The van der Waals surface area contributed by atoms with Gasteiger partial charge in [-0.15, -0.1) is 0 Å². The molecule has 6 heteroatoms. The van der Waals surface area contributed by atoms with Crippen molar-refractivity contribution in [3.8, 4) is 5.69 Å². The Morgan fingerprint density at radius 3 is 2.85 bits per heavy atom. The lowest BCUT2D eigenvalue weighted by molar-refractivity contribution is 0.385. The summed E-state index contributed by atoms with van der Waals surface area (Å²) >= 11 is 0. The smallest absolute Gasteiger partial charge is 0.223 e. The second-order valence-corrected chi connectivity index (χ2v) is 4.41. The zero-order valence-corrected chi connectivity index (χ0v) is 11.2. The first-order chi connectivity index (χ1) is 9.83. The van der Waals surface area contributed by atoms with Crippen LogP contribution in [0.3, 0.4) is 0 Å². The number of para-hydroxylation sites is 1.